The van der Waals surface area contributed by atoms with Gasteiger partial charge in [0, 0.05) is 29.5 Å². The topological polar surface area (TPSA) is 89.4 Å². The van der Waals surface area contributed by atoms with Crippen molar-refractivity contribution >= 4 is 34.3 Å². The maximum atomic E-state index is 12.3. The second-order valence-corrected chi connectivity index (χ2v) is 7.54. The number of fused-ring (bicyclic) bond motifs is 1. The van der Waals surface area contributed by atoms with Crippen molar-refractivity contribution in [3.8, 4) is 11.4 Å². The van der Waals surface area contributed by atoms with Crippen LogP contribution >= 0.6 is 23.4 Å². The van der Waals surface area contributed by atoms with Crippen LogP contribution in [0.15, 0.2) is 52.7 Å². The van der Waals surface area contributed by atoms with Crippen molar-refractivity contribution in [1.29, 1.82) is 0 Å². The lowest BCUT2D eigenvalue weighted by atomic mass is 10.2. The number of hydrogen-bond acceptors (Lipinski definition) is 6. The molecule has 0 spiro atoms. The molecule has 4 rings (SSSR count). The standard InChI is InChI=1S/C19H17ClN6OS/c1-2-9-26-17(12-5-7-21-8-6-12)24-25-19(26)28-11-16-22-15-4-3-13(20)10-14(15)18(27)23-16/h3-8,10H,2,9,11H2,1H3,(H,22,23,27). The Hall–Kier alpha value is -2.71. The molecule has 0 aliphatic heterocycles. The third-order valence-corrected chi connectivity index (χ3v) is 5.37. The van der Waals surface area contributed by atoms with Gasteiger partial charge in [0.05, 0.1) is 16.7 Å². The Morgan fingerprint density at radius 3 is 2.79 bits per heavy atom. The van der Waals surface area contributed by atoms with E-state index in [1.54, 1.807) is 30.6 Å². The minimum atomic E-state index is -0.199. The van der Waals surface area contributed by atoms with E-state index in [4.69, 9.17) is 11.6 Å². The van der Waals surface area contributed by atoms with E-state index in [-0.39, 0.29) is 5.56 Å². The molecule has 142 valence electrons. The van der Waals surface area contributed by atoms with E-state index in [0.29, 0.717) is 27.5 Å². The van der Waals surface area contributed by atoms with E-state index in [2.05, 4.69) is 36.6 Å². The Kier molecular flexibility index (Phi) is 5.40. The van der Waals surface area contributed by atoms with Gasteiger partial charge in [0.15, 0.2) is 11.0 Å². The van der Waals surface area contributed by atoms with Gasteiger partial charge in [-0.15, -0.1) is 10.2 Å². The summed E-state index contributed by atoms with van der Waals surface area (Å²) in [5.41, 5.74) is 1.39. The number of pyridine rings is 1. The monoisotopic (exact) mass is 412 g/mol. The van der Waals surface area contributed by atoms with Crippen molar-refractivity contribution in [2.45, 2.75) is 30.8 Å². The SMILES string of the molecule is CCCn1c(SCc2nc3ccc(Cl)cc3c(=O)[nH]2)nnc1-c1ccncc1. The van der Waals surface area contributed by atoms with E-state index < -0.39 is 0 Å². The van der Waals surface area contributed by atoms with E-state index in [1.165, 1.54) is 11.8 Å². The number of halogens is 1. The fraction of sp³-hybridized carbons (Fsp3) is 0.211. The van der Waals surface area contributed by atoms with Crippen LogP contribution in [0.4, 0.5) is 0 Å². The molecule has 0 atom stereocenters. The minimum absolute atomic E-state index is 0.199. The van der Waals surface area contributed by atoms with Crippen LogP contribution < -0.4 is 5.56 Å². The lowest BCUT2D eigenvalue weighted by Crippen LogP contribution is -2.11. The van der Waals surface area contributed by atoms with Crippen molar-refractivity contribution in [3.63, 3.8) is 0 Å². The van der Waals surface area contributed by atoms with Gasteiger partial charge in [-0.1, -0.05) is 30.3 Å². The maximum absolute atomic E-state index is 12.3. The smallest absolute Gasteiger partial charge is 0.258 e. The number of rotatable bonds is 6. The van der Waals surface area contributed by atoms with Crippen LogP contribution in [-0.2, 0) is 12.3 Å². The molecule has 3 heterocycles. The number of thioether (sulfide) groups is 1. The van der Waals surface area contributed by atoms with E-state index in [0.717, 1.165) is 29.5 Å². The molecule has 0 radical (unpaired) electrons. The van der Waals surface area contributed by atoms with Crippen molar-refractivity contribution in [1.82, 2.24) is 29.7 Å². The largest absolute Gasteiger partial charge is 0.309 e. The molecule has 1 aromatic carbocycles. The molecule has 9 heteroatoms. The number of H-pyrrole nitrogens is 1. The highest BCUT2D eigenvalue weighted by atomic mass is 35.5. The predicted molar refractivity (Wildman–Crippen MR) is 110 cm³/mol. The molecule has 0 bridgehead atoms. The van der Waals surface area contributed by atoms with Gasteiger partial charge in [-0.05, 0) is 36.8 Å². The lowest BCUT2D eigenvalue weighted by molar-refractivity contribution is 0.626. The summed E-state index contributed by atoms with van der Waals surface area (Å²) in [4.78, 5) is 23.7. The van der Waals surface area contributed by atoms with E-state index >= 15 is 0 Å². The summed E-state index contributed by atoms with van der Waals surface area (Å²) in [6, 6.07) is 8.93. The summed E-state index contributed by atoms with van der Waals surface area (Å²) in [5.74, 6) is 1.87. The average Bonchev–Trinajstić information content (AvgIpc) is 3.10. The zero-order valence-electron chi connectivity index (χ0n) is 15.1. The van der Waals surface area contributed by atoms with Crippen LogP contribution in [0.1, 0.15) is 19.2 Å². The molecule has 0 saturated heterocycles. The highest BCUT2D eigenvalue weighted by molar-refractivity contribution is 7.98. The summed E-state index contributed by atoms with van der Waals surface area (Å²) >= 11 is 7.46. The Bertz CT molecular complexity index is 1170. The molecule has 3 aromatic heterocycles. The zero-order chi connectivity index (χ0) is 19.5. The van der Waals surface area contributed by atoms with Gasteiger partial charge in [0.2, 0.25) is 0 Å². The first-order valence-corrected chi connectivity index (χ1v) is 10.2. The first kappa shape index (κ1) is 18.6. The third kappa shape index (κ3) is 3.79. The second-order valence-electron chi connectivity index (χ2n) is 6.16. The molecule has 0 unspecified atom stereocenters. The van der Waals surface area contributed by atoms with Gasteiger partial charge in [-0.3, -0.25) is 9.78 Å². The highest BCUT2D eigenvalue weighted by Gasteiger charge is 2.14. The summed E-state index contributed by atoms with van der Waals surface area (Å²) in [5, 5.41) is 10.5. The fourth-order valence-electron chi connectivity index (χ4n) is 2.90. The highest BCUT2D eigenvalue weighted by Crippen LogP contribution is 2.26. The van der Waals surface area contributed by atoms with Crippen LogP contribution in [0.2, 0.25) is 5.02 Å². The Labute approximate surface area is 170 Å². The van der Waals surface area contributed by atoms with Crippen LogP contribution in [0.3, 0.4) is 0 Å². The van der Waals surface area contributed by atoms with Crippen LogP contribution in [0.25, 0.3) is 22.3 Å². The predicted octanol–water partition coefficient (Wildman–Crippen LogP) is 3.93. The van der Waals surface area contributed by atoms with Gasteiger partial charge < -0.3 is 9.55 Å². The van der Waals surface area contributed by atoms with Crippen molar-refractivity contribution in [2.24, 2.45) is 0 Å². The summed E-state index contributed by atoms with van der Waals surface area (Å²) in [7, 11) is 0. The molecule has 0 saturated carbocycles. The number of hydrogen-bond donors (Lipinski definition) is 1. The summed E-state index contributed by atoms with van der Waals surface area (Å²) in [6.45, 7) is 2.91. The number of benzene rings is 1. The Balaban J connectivity index is 1.62. The summed E-state index contributed by atoms with van der Waals surface area (Å²) in [6.07, 6.45) is 4.43. The van der Waals surface area contributed by atoms with Gasteiger partial charge >= 0.3 is 0 Å². The van der Waals surface area contributed by atoms with Crippen molar-refractivity contribution in [2.75, 3.05) is 0 Å². The van der Waals surface area contributed by atoms with Gasteiger partial charge in [0.25, 0.3) is 5.56 Å². The molecular weight excluding hydrogens is 396 g/mol. The first-order chi connectivity index (χ1) is 13.7. The van der Waals surface area contributed by atoms with Crippen LogP contribution in [0.5, 0.6) is 0 Å². The summed E-state index contributed by atoms with van der Waals surface area (Å²) < 4.78 is 2.08. The Morgan fingerprint density at radius 1 is 1.18 bits per heavy atom. The quantitative estimate of drug-likeness (QED) is 0.482. The lowest BCUT2D eigenvalue weighted by Gasteiger charge is -2.09. The van der Waals surface area contributed by atoms with Crippen molar-refractivity contribution in [3.05, 3.63) is 63.9 Å². The van der Waals surface area contributed by atoms with E-state index in [1.807, 2.05) is 12.1 Å². The van der Waals surface area contributed by atoms with Crippen LogP contribution in [0, 0.1) is 0 Å². The number of aromatic amines is 1. The van der Waals surface area contributed by atoms with Gasteiger partial charge in [-0.25, -0.2) is 4.98 Å². The molecule has 0 fully saturated rings. The average molecular weight is 413 g/mol. The molecular formula is C19H17ClN6OS. The molecule has 0 aliphatic rings. The van der Waals surface area contributed by atoms with E-state index in [9.17, 15) is 4.79 Å². The zero-order valence-corrected chi connectivity index (χ0v) is 16.7. The molecule has 0 aliphatic carbocycles. The van der Waals surface area contributed by atoms with Gasteiger partial charge in [0.1, 0.15) is 5.82 Å². The van der Waals surface area contributed by atoms with Gasteiger partial charge in [-0.2, -0.15) is 0 Å². The van der Waals surface area contributed by atoms with Crippen molar-refractivity contribution < 1.29 is 0 Å². The molecule has 4 aromatic rings. The number of nitrogens with one attached hydrogen (secondary N) is 1. The van der Waals surface area contributed by atoms with Crippen LogP contribution in [-0.4, -0.2) is 29.7 Å². The fourth-order valence-corrected chi connectivity index (χ4v) is 3.90. The second kappa shape index (κ2) is 8.12. The maximum Gasteiger partial charge on any atom is 0.258 e. The Morgan fingerprint density at radius 2 is 2.00 bits per heavy atom. The first-order valence-electron chi connectivity index (χ1n) is 8.80. The number of nitrogens with zero attached hydrogens (tertiary/aromatic N) is 5. The third-order valence-electron chi connectivity index (χ3n) is 4.16. The minimum Gasteiger partial charge on any atom is -0.309 e. The molecule has 7 nitrogen and oxygen atoms in total. The molecule has 1 N–H and O–H groups in total. The molecule has 28 heavy (non-hydrogen) atoms. The normalized spacial score (nSPS) is 11.2. The number of aromatic nitrogens is 6. The molecule has 0 amide bonds.